The van der Waals surface area contributed by atoms with E-state index in [1.54, 1.807) is 7.05 Å². The second-order valence-electron chi connectivity index (χ2n) is 11.2. The van der Waals surface area contributed by atoms with Gasteiger partial charge in [-0.1, -0.05) is 20.8 Å². The van der Waals surface area contributed by atoms with Gasteiger partial charge in [0.25, 0.3) is 0 Å². The van der Waals surface area contributed by atoms with E-state index in [2.05, 4.69) is 20.4 Å². The number of amides is 2. The molecule has 3 unspecified atom stereocenters. The third-order valence-electron chi connectivity index (χ3n) is 7.69. The Morgan fingerprint density at radius 1 is 1.05 bits per heavy atom. The van der Waals surface area contributed by atoms with Crippen LogP contribution in [0.4, 0.5) is 8.78 Å². The number of hydrogen-bond acceptors (Lipinski definition) is 6. The summed E-state index contributed by atoms with van der Waals surface area (Å²) in [7, 11) is 1.76. The molecule has 0 saturated carbocycles. The van der Waals surface area contributed by atoms with Crippen molar-refractivity contribution in [2.75, 3.05) is 33.4 Å². The summed E-state index contributed by atoms with van der Waals surface area (Å²) in [5.41, 5.74) is -0.336. The Kier molecular flexibility index (Phi) is 9.88. The van der Waals surface area contributed by atoms with Gasteiger partial charge in [-0.05, 0) is 57.2 Å². The van der Waals surface area contributed by atoms with Crippen molar-refractivity contribution in [3.05, 3.63) is 29.8 Å². The third-order valence-corrected chi connectivity index (χ3v) is 7.69. The van der Waals surface area contributed by atoms with Gasteiger partial charge in [0.05, 0.1) is 6.04 Å². The zero-order valence-electron chi connectivity index (χ0n) is 22.6. The molecule has 0 bridgehead atoms. The highest BCUT2D eigenvalue weighted by Crippen LogP contribution is 2.36. The van der Waals surface area contributed by atoms with E-state index in [4.69, 9.17) is 9.84 Å². The number of ether oxygens (including phenoxy) is 1. The van der Waals surface area contributed by atoms with Crippen LogP contribution in [0.3, 0.4) is 0 Å². The maximum Gasteiger partial charge on any atom is 0.245 e. The zero-order chi connectivity index (χ0) is 27.3. The molecule has 0 aliphatic carbocycles. The summed E-state index contributed by atoms with van der Waals surface area (Å²) < 4.78 is 29.6. The fourth-order valence-corrected chi connectivity index (χ4v) is 5.46. The van der Waals surface area contributed by atoms with Crippen molar-refractivity contribution >= 4 is 11.8 Å². The molecule has 0 radical (unpaired) electrons. The molecule has 1 aromatic rings. The molecule has 4 atom stereocenters. The number of phenolic OH excluding ortho intramolecular Hbond substituents is 1. The quantitative estimate of drug-likeness (QED) is 0.549. The summed E-state index contributed by atoms with van der Waals surface area (Å²) >= 11 is 0. The number of carbonyl (C=O) groups excluding carboxylic acids is 2. The van der Waals surface area contributed by atoms with Crippen LogP contribution in [-0.4, -0.2) is 90.3 Å². The van der Waals surface area contributed by atoms with Crippen molar-refractivity contribution < 1.29 is 28.2 Å². The number of hydrogen-bond donors (Lipinski definition) is 3. The molecular weight excluding hydrogens is 482 g/mol. The number of likely N-dealkylation sites (tertiary alicyclic amines) is 2. The largest absolute Gasteiger partial charge is 0.508 e. The molecule has 3 aliphatic rings. The van der Waals surface area contributed by atoms with Crippen molar-refractivity contribution in [3.8, 4) is 5.75 Å². The van der Waals surface area contributed by atoms with Crippen LogP contribution in [0.25, 0.3) is 0 Å². The van der Waals surface area contributed by atoms with Crippen LogP contribution in [0.1, 0.15) is 53.4 Å². The first-order valence-electron chi connectivity index (χ1n) is 13.2. The fraction of sp³-hybridized carbons (Fsp3) is 0.704. The molecule has 4 rings (SSSR count). The second kappa shape index (κ2) is 12.5. The molecular formula is C27H42F2N4O4. The smallest absolute Gasteiger partial charge is 0.245 e. The van der Waals surface area contributed by atoms with Crippen LogP contribution in [0.5, 0.6) is 5.75 Å². The zero-order valence-corrected chi connectivity index (χ0v) is 22.6. The summed E-state index contributed by atoms with van der Waals surface area (Å²) in [5, 5.41) is 14.5. The van der Waals surface area contributed by atoms with Gasteiger partial charge in [0.15, 0.2) is 11.6 Å². The van der Waals surface area contributed by atoms with Crippen LogP contribution >= 0.6 is 0 Å². The minimum atomic E-state index is -1.03. The molecule has 10 heteroatoms. The lowest BCUT2D eigenvalue weighted by molar-refractivity contribution is -0.140. The molecule has 3 fully saturated rings. The lowest BCUT2D eigenvalue weighted by Crippen LogP contribution is -2.58. The number of carbonyl (C=O) groups is 2. The average molecular weight is 525 g/mol. The third kappa shape index (κ3) is 7.18. The highest BCUT2D eigenvalue weighted by Gasteiger charge is 2.49. The Morgan fingerprint density at radius 3 is 2.27 bits per heavy atom. The number of nitrogens with one attached hydrogen (secondary N) is 2. The fourth-order valence-electron chi connectivity index (χ4n) is 5.46. The van der Waals surface area contributed by atoms with E-state index < -0.39 is 17.7 Å². The van der Waals surface area contributed by atoms with E-state index in [-0.39, 0.29) is 35.1 Å². The maximum absolute atomic E-state index is 13.5. The van der Waals surface area contributed by atoms with Gasteiger partial charge in [0.1, 0.15) is 11.8 Å². The number of aromatic hydroxyl groups is 1. The first-order valence-corrected chi connectivity index (χ1v) is 13.2. The summed E-state index contributed by atoms with van der Waals surface area (Å²) in [6.07, 6.45) is 4.26. The molecule has 0 aromatic heterocycles. The van der Waals surface area contributed by atoms with Gasteiger partial charge < -0.3 is 25.4 Å². The molecule has 1 aromatic carbocycles. The Balaban J connectivity index is 0.000000356. The number of halogens is 2. The van der Waals surface area contributed by atoms with Crippen molar-refractivity contribution in [1.29, 1.82) is 0 Å². The minimum Gasteiger partial charge on any atom is -0.508 e. The lowest BCUT2D eigenvalue weighted by atomic mass is 9.85. The van der Waals surface area contributed by atoms with Gasteiger partial charge in [-0.15, -0.1) is 0 Å². The average Bonchev–Trinajstić information content (AvgIpc) is 3.46. The van der Waals surface area contributed by atoms with Gasteiger partial charge in [-0.25, -0.2) is 8.78 Å². The Hall–Kier alpha value is -2.30. The molecule has 2 amide bonds. The maximum atomic E-state index is 13.5. The number of benzene rings is 1. The van der Waals surface area contributed by atoms with Gasteiger partial charge in [-0.3, -0.25) is 14.5 Å². The molecule has 3 N–H and O–H groups in total. The van der Waals surface area contributed by atoms with Crippen LogP contribution in [0, 0.1) is 17.0 Å². The van der Waals surface area contributed by atoms with Crippen LogP contribution in [0.2, 0.25) is 0 Å². The first kappa shape index (κ1) is 29.3. The first-order chi connectivity index (χ1) is 17.4. The van der Waals surface area contributed by atoms with Crippen molar-refractivity contribution in [2.45, 2.75) is 83.6 Å². The van der Waals surface area contributed by atoms with E-state index in [0.29, 0.717) is 12.1 Å². The van der Waals surface area contributed by atoms with Crippen LogP contribution in [0.15, 0.2) is 18.2 Å². The number of rotatable bonds is 5. The molecule has 3 heterocycles. The molecule has 3 aliphatic heterocycles. The van der Waals surface area contributed by atoms with E-state index in [0.717, 1.165) is 70.2 Å². The number of nitrogens with zero attached hydrogens (tertiary/aromatic N) is 2. The molecule has 0 spiro atoms. The molecule has 37 heavy (non-hydrogen) atoms. The van der Waals surface area contributed by atoms with E-state index in [1.807, 2.05) is 27.7 Å². The number of phenols is 1. The van der Waals surface area contributed by atoms with E-state index in [9.17, 15) is 18.4 Å². The van der Waals surface area contributed by atoms with Crippen molar-refractivity contribution in [3.63, 3.8) is 0 Å². The molecule has 3 saturated heterocycles. The summed E-state index contributed by atoms with van der Waals surface area (Å²) in [5.74, 6) is -2.30. The highest BCUT2D eigenvalue weighted by atomic mass is 19.2. The van der Waals surface area contributed by atoms with Gasteiger partial charge in [-0.2, -0.15) is 0 Å². The summed E-state index contributed by atoms with van der Waals surface area (Å²) in [4.78, 5) is 30.7. The standard InChI is InChI=1S/C21H38N4O3.C6H4F2O/c1-14(22-5)19(26)23-18(21(2,3)4)20(27)25-11-7-16-17(25)6-10-24(16)15-8-12-28-13-9-15;7-5-2-1-4(9)3-6(5)8/h14-18,22H,6-13H2,1-5H3,(H,23,26);1-3,9H/t14-,16?,17?,18?;/m0./s1. The SMILES string of the molecule is CN[C@@H](C)C(=O)NC(C(=O)N1CCC2C1CCN2C1CCOCC1)C(C)(C)C.Oc1ccc(F)c(F)c1. The van der Waals surface area contributed by atoms with Crippen molar-refractivity contribution in [2.24, 2.45) is 5.41 Å². The predicted molar refractivity (Wildman–Crippen MR) is 137 cm³/mol. The molecule has 208 valence electrons. The molecule has 8 nitrogen and oxygen atoms in total. The van der Waals surface area contributed by atoms with Crippen LogP contribution < -0.4 is 10.6 Å². The van der Waals surface area contributed by atoms with Gasteiger partial charge in [0.2, 0.25) is 11.8 Å². The number of likely N-dealkylation sites (N-methyl/N-ethyl adjacent to an activating group) is 1. The summed E-state index contributed by atoms with van der Waals surface area (Å²) in [6.45, 7) is 11.4. The number of fused-ring (bicyclic) bond motifs is 1. The van der Waals surface area contributed by atoms with Crippen LogP contribution in [-0.2, 0) is 14.3 Å². The van der Waals surface area contributed by atoms with Gasteiger partial charge in [0, 0.05) is 50.5 Å². The topological polar surface area (TPSA) is 94.1 Å². The Bertz CT molecular complexity index is 935. The second-order valence-corrected chi connectivity index (χ2v) is 11.2. The Morgan fingerprint density at radius 2 is 1.70 bits per heavy atom. The predicted octanol–water partition coefficient (Wildman–Crippen LogP) is 2.65. The van der Waals surface area contributed by atoms with E-state index >= 15 is 0 Å². The van der Waals surface area contributed by atoms with E-state index in [1.165, 1.54) is 0 Å². The Labute approximate surface area is 218 Å². The van der Waals surface area contributed by atoms with Crippen molar-refractivity contribution in [1.82, 2.24) is 20.4 Å². The lowest BCUT2D eigenvalue weighted by Gasteiger charge is -2.37. The normalized spacial score (nSPS) is 24.1. The van der Waals surface area contributed by atoms with Gasteiger partial charge >= 0.3 is 0 Å². The summed E-state index contributed by atoms with van der Waals surface area (Å²) in [6, 6.07) is 3.16. The monoisotopic (exact) mass is 524 g/mol. The minimum absolute atomic E-state index is 0.0745. The highest BCUT2D eigenvalue weighted by molar-refractivity contribution is 5.90.